The second-order valence-electron chi connectivity index (χ2n) is 30.5. The van der Waals surface area contributed by atoms with Gasteiger partial charge >= 0.3 is 35.4 Å². The van der Waals surface area contributed by atoms with Gasteiger partial charge in [0.1, 0.15) is 62.3 Å². The van der Waals surface area contributed by atoms with Gasteiger partial charge in [0.2, 0.25) is 54.4 Å². The number of Topliss-reactive ketones (excluding diaryl/α,β-unsaturated/α-hetero) is 4. The highest BCUT2D eigenvalue weighted by molar-refractivity contribution is 7.48. The molecule has 0 aliphatic carbocycles. The summed E-state index contributed by atoms with van der Waals surface area (Å²) in [6.45, 7) is 43.1. The monoisotopic (exact) mass is 1860 g/mol. The number of nitrogens with zero attached hydrogens (tertiary/aromatic N) is 6. The molecule has 7 amide bonds. The third kappa shape index (κ3) is 52.7. The lowest BCUT2D eigenvalue weighted by molar-refractivity contribution is -0.152. The molecule has 3 fully saturated rings. The van der Waals surface area contributed by atoms with Crippen LogP contribution in [0.3, 0.4) is 0 Å². The molecule has 0 aromatic carbocycles. The van der Waals surface area contributed by atoms with Gasteiger partial charge in [0.05, 0.1) is 49.9 Å². The van der Waals surface area contributed by atoms with Gasteiger partial charge in [0, 0.05) is 153 Å². The van der Waals surface area contributed by atoms with E-state index in [9.17, 15) is 90.9 Å². The molecule has 0 aromatic rings. The van der Waals surface area contributed by atoms with Crippen molar-refractivity contribution < 1.29 is 141 Å². The Kier molecular flexibility index (Phi) is 62.5. The number of hydrogen-bond donors (Lipinski definition) is 8. The minimum atomic E-state index is -4.72. The van der Waals surface area contributed by atoms with Crippen molar-refractivity contribution in [3.8, 4) is 0 Å². The number of hydrogen-bond acceptors (Lipinski definition) is 28. The van der Waals surface area contributed by atoms with Crippen LogP contribution in [0.15, 0.2) is 0 Å². The lowest BCUT2D eigenvalue weighted by atomic mass is 10.1. The summed E-state index contributed by atoms with van der Waals surface area (Å²) in [6.07, 6.45) is 3.13. The fourth-order valence-electron chi connectivity index (χ4n) is 12.7. The number of phosphoric acid groups is 3. The third-order valence-corrected chi connectivity index (χ3v) is 25.5. The summed E-state index contributed by atoms with van der Waals surface area (Å²) in [4.78, 5) is 184. The van der Waals surface area contributed by atoms with Crippen LogP contribution in [0.2, 0.25) is 0 Å². The van der Waals surface area contributed by atoms with Gasteiger partial charge in [-0.05, 0) is 91.4 Å². The standard InChI is InChI=1S/C22H38N3O7P.C22H37N2O11P.C19H36N3O4P.C18H33N2O8P/c1-6-18-13-17(4)15-25(18)22(28)16-31-33(29,30-12-11-23-5)32-20(10-9-19(26)7-2)14-24-21(27)8-3;1-4-15-11-18(34-22(30)10-9-21(28)29)13-24(15)20(27)14-33-36(31,32)35-17(8-7-16(25)5-2)12-23-19(26)6-3;1-8-17(23)10-11-18(14-21-19(24)9-2)26-27(25-13-12-20-7)22(15(3)4)16(5)6;1-4-13-9-15(22)11-20(13)18(24)12-27-29(25,26)28-16(8-7-14(21)5-2)10-19-17(23)6-3/h17-18,20H,6-16H2,1-4H3,(H,24,27);15,17-18H,4-14H2,1-3H3,(H,23,26)(H,28,29)(H,31,32);15-16,18H,8-14H2,1-6H3,(H,21,24);13,15-16,22H,4-12H2,1-3H3,(H,19,23)(H,25,26)/t17-,18-,20?,33?;15-,17?,18-;;13-,15-,16?/m11.1/s1. The first-order chi connectivity index (χ1) is 58.9. The molecule has 8 N–H and O–H groups in total. The van der Waals surface area contributed by atoms with E-state index in [-0.39, 0.29) is 212 Å². The summed E-state index contributed by atoms with van der Waals surface area (Å²) >= 11 is 0. The Labute approximate surface area is 739 Å². The van der Waals surface area contributed by atoms with E-state index in [4.69, 9.17) is 63.7 Å². The predicted octanol–water partition coefficient (Wildman–Crippen LogP) is 10.0. The van der Waals surface area contributed by atoms with Crippen LogP contribution >= 0.6 is 32.0 Å². The highest BCUT2D eigenvalue weighted by atomic mass is 31.2. The molecule has 0 radical (unpaired) electrons. The van der Waals surface area contributed by atoms with Crippen molar-refractivity contribution in [3.05, 3.63) is 22.8 Å². The van der Waals surface area contributed by atoms with Crippen molar-refractivity contribution in [3.63, 3.8) is 0 Å². The van der Waals surface area contributed by atoms with E-state index < -0.39 is 106 Å². The number of carbonyl (C=O) groups is 13. The van der Waals surface area contributed by atoms with Crippen LogP contribution in [0.5, 0.6) is 0 Å². The molecule has 40 nitrogen and oxygen atoms in total. The molecule has 3 aliphatic heterocycles. The number of rotatable bonds is 61. The van der Waals surface area contributed by atoms with Crippen molar-refractivity contribution >= 4 is 108 Å². The second-order valence-corrected chi connectivity index (χ2v) is 36.3. The topological polar surface area (TPSA) is 516 Å². The maximum Gasteiger partial charge on any atom is 0.475 e. The smallest absolute Gasteiger partial charge is 0.475 e. The Balaban J connectivity index is 0.00000165. The van der Waals surface area contributed by atoms with E-state index in [0.29, 0.717) is 96.2 Å². The molecule has 0 spiro atoms. The first-order valence-corrected chi connectivity index (χ1v) is 49.1. The van der Waals surface area contributed by atoms with E-state index in [1.165, 1.54) is 9.80 Å². The number of carbonyl (C=O) groups excluding carboxylic acids is 12. The zero-order valence-electron chi connectivity index (χ0n) is 76.2. The van der Waals surface area contributed by atoms with Crippen molar-refractivity contribution in [2.45, 2.75) is 332 Å². The van der Waals surface area contributed by atoms with Crippen LogP contribution < -0.4 is 21.3 Å². The lowest BCUT2D eigenvalue weighted by Gasteiger charge is -2.37. The van der Waals surface area contributed by atoms with Crippen LogP contribution in [0, 0.1) is 19.1 Å². The van der Waals surface area contributed by atoms with Gasteiger partial charge in [0.25, 0.3) is 8.53 Å². The Morgan fingerprint density at radius 2 is 0.824 bits per heavy atom. The number of carboxylic acids is 1. The van der Waals surface area contributed by atoms with Gasteiger partial charge in [0.15, 0.2) is 0 Å². The third-order valence-electron chi connectivity index (χ3n) is 19.8. The Hall–Kier alpha value is -6.51. The molecule has 3 saturated heterocycles. The minimum Gasteiger partial charge on any atom is -0.481 e. The molecule has 3 aliphatic rings. The second kappa shape index (κ2) is 65.9. The number of aliphatic hydroxyl groups is 1. The number of likely N-dealkylation sites (tertiary alicyclic amines) is 3. The Morgan fingerprint density at radius 1 is 0.464 bits per heavy atom. The Morgan fingerprint density at radius 3 is 1.21 bits per heavy atom. The quantitative estimate of drug-likeness (QED) is 0.0121. The summed E-state index contributed by atoms with van der Waals surface area (Å²) in [5.41, 5.74) is 0. The molecule has 3 heterocycles. The van der Waals surface area contributed by atoms with Crippen molar-refractivity contribution in [2.24, 2.45) is 5.92 Å². The summed E-state index contributed by atoms with van der Waals surface area (Å²) in [6, 6.07) is 0.0718. The number of phosphoric ester groups is 3. The molecule has 0 saturated carbocycles. The summed E-state index contributed by atoms with van der Waals surface area (Å²) in [5.74, 6) is -3.63. The maximum atomic E-state index is 13.3. The summed E-state index contributed by atoms with van der Waals surface area (Å²) < 4.78 is 94.0. The molecule has 44 heteroatoms. The normalized spacial score (nSPS) is 19.2. The zero-order valence-corrected chi connectivity index (χ0v) is 79.8. The summed E-state index contributed by atoms with van der Waals surface area (Å²) in [7, 11) is -14.9. The average Bonchev–Trinajstić information content (AvgIpc) is 1.62. The van der Waals surface area contributed by atoms with Crippen LogP contribution in [-0.2, 0) is 121 Å². The number of ether oxygens (including phenoxy) is 1. The van der Waals surface area contributed by atoms with E-state index in [1.54, 1.807) is 53.4 Å². The molecule has 125 heavy (non-hydrogen) atoms. The van der Waals surface area contributed by atoms with Gasteiger partial charge in [-0.1, -0.05) is 83.1 Å². The van der Waals surface area contributed by atoms with Gasteiger partial charge in [-0.15, -0.1) is 0 Å². The van der Waals surface area contributed by atoms with Crippen LogP contribution in [0.1, 0.15) is 265 Å². The number of aliphatic carboxylic acids is 1. The molecule has 0 bridgehead atoms. The molecule has 0 aromatic heterocycles. The van der Waals surface area contributed by atoms with Crippen LogP contribution in [-0.4, -0.2) is 275 Å². The van der Waals surface area contributed by atoms with Gasteiger partial charge < -0.3 is 79.4 Å². The largest absolute Gasteiger partial charge is 0.481 e. The zero-order chi connectivity index (χ0) is 95.0. The number of carboxylic acid groups (broad SMARTS) is 1. The molecular weight excluding hydrogens is 1720 g/mol. The predicted molar refractivity (Wildman–Crippen MR) is 463 cm³/mol. The average molecular weight is 1860 g/mol. The minimum absolute atomic E-state index is 0.000897. The van der Waals surface area contributed by atoms with E-state index in [2.05, 4.69) is 70.2 Å². The number of nitrogens with one attached hydrogen (secondary N) is 4. The SMILES string of the molecule is CCC(=O)CCC(CNC(=O)CC)OP(=O)(O)OCC(=O)N1C[C@H](O)C[C@H]1CC.CCC(=O)CCC(CNC(=O)CC)OP(=O)(O)OCC(=O)N1C[C@H](OC(=O)CCC(=O)O)C[C@H]1CC.[C-]#[N+]CCOP(=O)(OCC(=O)N1C[C@H](C)C[C@H]1CC)OC(CCC(=O)CC)CNC(=O)CC.[C-]#[N+]CCOP(OC(CCC(=O)CC)CNC(=O)CC)N(C(C)C)C(C)C. The number of amides is 7. The van der Waals surface area contributed by atoms with E-state index >= 15 is 0 Å². The van der Waals surface area contributed by atoms with Crippen molar-refractivity contribution in [1.82, 2.24) is 40.6 Å². The summed E-state index contributed by atoms with van der Waals surface area (Å²) in [5, 5.41) is 29.0. The van der Waals surface area contributed by atoms with E-state index in [0.717, 1.165) is 12.8 Å². The molecule has 3 rings (SSSR count). The highest BCUT2D eigenvalue weighted by Crippen LogP contribution is 2.52. The van der Waals surface area contributed by atoms with E-state index in [1.807, 2.05) is 27.7 Å². The molecule has 8 unspecified atom stereocenters. The lowest BCUT2D eigenvalue weighted by Crippen LogP contribution is -2.38. The fourth-order valence-corrected chi connectivity index (χ4v) is 17.5. The van der Waals surface area contributed by atoms with Gasteiger partial charge in [-0.25, -0.2) is 31.5 Å². The van der Waals surface area contributed by atoms with Gasteiger partial charge in [-0.2, -0.15) is 0 Å². The van der Waals surface area contributed by atoms with Gasteiger partial charge in [-0.3, -0.25) is 94.0 Å². The first kappa shape index (κ1) is 118. The number of aliphatic hydroxyl groups excluding tert-OH is 1. The number of β-amino-alcohol motifs (C(OH)–C–C–N with tert-alkyl or cyclic N) is 1. The number of ketones is 4. The molecular formula is C81H144N10O30P4. The van der Waals surface area contributed by atoms with Crippen molar-refractivity contribution in [1.29, 1.82) is 0 Å². The van der Waals surface area contributed by atoms with Crippen LogP contribution in [0.4, 0.5) is 0 Å². The molecule has 14 atom stereocenters. The van der Waals surface area contributed by atoms with Crippen molar-refractivity contribution in [2.75, 3.05) is 91.9 Å². The number of esters is 1. The Bertz CT molecular complexity index is 3470. The fraction of sp³-hybridized carbons (Fsp3) is 0.815. The molecule has 718 valence electrons. The maximum absolute atomic E-state index is 13.3. The first-order valence-electron chi connectivity index (χ1n) is 43.5. The van der Waals surface area contributed by atoms with Crippen LogP contribution in [0.25, 0.3) is 9.69 Å². The highest BCUT2D eigenvalue weighted by Gasteiger charge is 2.41.